The molecule has 2 aliphatic rings. The van der Waals surface area contributed by atoms with Gasteiger partial charge in [-0.2, -0.15) is 19.0 Å². The average Bonchev–Trinajstić information content (AvgIpc) is 3.83. The van der Waals surface area contributed by atoms with E-state index in [4.69, 9.17) is 9.84 Å². The number of carbonyl (C=O) groups excluding carboxylic acids is 1. The lowest BCUT2D eigenvalue weighted by atomic mass is 10.0. The number of halogens is 2. The molecule has 0 bridgehead atoms. The van der Waals surface area contributed by atoms with Crippen LogP contribution in [-0.4, -0.2) is 98.5 Å². The highest BCUT2D eigenvalue weighted by Crippen LogP contribution is 2.39. The zero-order chi connectivity index (χ0) is 34.1. The highest BCUT2D eigenvalue weighted by atomic mass is 32.2. The number of ether oxygens (including phenoxy) is 1. The van der Waals surface area contributed by atoms with Gasteiger partial charge in [-0.25, -0.2) is 14.5 Å². The molecule has 1 unspecified atom stereocenters. The first-order valence-electron chi connectivity index (χ1n) is 16.3. The standard InChI is InChI=1S/C33H38F2N10O3S/c1-21(2)49-23-4-5-27(48-33(34)35)24(16-23)30-26(39-32(47)25-17-38-45-10-3-8-37-31(25)45)18-44(40-30)20-29(46)42-11-6-22(7-12-42)43-15-14-41-13-9-36-28(41)19-43/h3-5,8-10,13,16-18,21-22,29,33,46H,6-7,11-12,14-15,19-20H2,1-2H3,(H,39,47). The number of hydrogen-bond donors (Lipinski definition) is 2. The maximum absolute atomic E-state index is 13.6. The van der Waals surface area contributed by atoms with Crippen molar-refractivity contribution in [3.05, 3.63) is 72.8 Å². The van der Waals surface area contributed by atoms with E-state index in [1.54, 1.807) is 48.6 Å². The summed E-state index contributed by atoms with van der Waals surface area (Å²) in [4.78, 5) is 27.7. The second-order valence-electron chi connectivity index (χ2n) is 12.5. The zero-order valence-electron chi connectivity index (χ0n) is 27.2. The van der Waals surface area contributed by atoms with Crippen LogP contribution in [0, 0.1) is 0 Å². The summed E-state index contributed by atoms with van der Waals surface area (Å²) in [6, 6.07) is 7.05. The fourth-order valence-electron chi connectivity index (χ4n) is 6.56. The number of imidazole rings is 1. The third-order valence-corrected chi connectivity index (χ3v) is 9.89. The Balaban J connectivity index is 1.13. The highest BCUT2D eigenvalue weighted by molar-refractivity contribution is 7.99. The minimum absolute atomic E-state index is 0.0793. The van der Waals surface area contributed by atoms with Gasteiger partial charge in [0.1, 0.15) is 29.1 Å². The Kier molecular flexibility index (Phi) is 9.62. The summed E-state index contributed by atoms with van der Waals surface area (Å²) in [5.74, 6) is 0.505. The minimum Gasteiger partial charge on any atom is -0.434 e. The molecule has 5 aromatic rings. The van der Waals surface area contributed by atoms with Crippen LogP contribution in [0.3, 0.4) is 0 Å². The number of hydrogen-bond acceptors (Lipinski definition) is 10. The smallest absolute Gasteiger partial charge is 0.387 e. The largest absolute Gasteiger partial charge is 0.434 e. The topological polar surface area (TPSA) is 131 Å². The lowest BCUT2D eigenvalue weighted by molar-refractivity contribution is -0.0495. The van der Waals surface area contributed by atoms with Crippen LogP contribution in [0.25, 0.3) is 16.9 Å². The second kappa shape index (κ2) is 14.2. The quantitative estimate of drug-likeness (QED) is 0.192. The molecule has 7 rings (SSSR count). The van der Waals surface area contributed by atoms with Gasteiger partial charge in [-0.3, -0.25) is 19.3 Å². The first kappa shape index (κ1) is 33.1. The molecule has 1 aromatic carbocycles. The number of thioether (sulfide) groups is 1. The summed E-state index contributed by atoms with van der Waals surface area (Å²) in [6.45, 7) is 5.23. The summed E-state index contributed by atoms with van der Waals surface area (Å²) in [5, 5.41) is 23.4. The summed E-state index contributed by atoms with van der Waals surface area (Å²) in [6.07, 6.45) is 11.1. The summed E-state index contributed by atoms with van der Waals surface area (Å²) >= 11 is 1.56. The lowest BCUT2D eigenvalue weighted by Crippen LogP contribution is -2.50. The zero-order valence-corrected chi connectivity index (χ0v) is 28.0. The van der Waals surface area contributed by atoms with Crippen LogP contribution in [0.4, 0.5) is 14.5 Å². The van der Waals surface area contributed by atoms with Crippen molar-refractivity contribution in [2.24, 2.45) is 0 Å². The SMILES string of the molecule is CC(C)Sc1ccc(OC(F)F)c(-c2nn(CC(O)N3CCC(N4CCn5ccnc5C4)CC3)cc2NC(=O)c2cnn3cccnc23)c1. The van der Waals surface area contributed by atoms with Crippen LogP contribution in [0.1, 0.15) is 42.9 Å². The number of nitrogens with zero attached hydrogens (tertiary/aromatic N) is 9. The molecule has 49 heavy (non-hydrogen) atoms. The molecule has 0 aliphatic carbocycles. The summed E-state index contributed by atoms with van der Waals surface area (Å²) < 4.78 is 37.3. The maximum atomic E-state index is 13.6. The van der Waals surface area contributed by atoms with Crippen molar-refractivity contribution in [1.82, 2.24) is 43.7 Å². The number of likely N-dealkylation sites (tertiary alicyclic amines) is 1. The molecule has 1 saturated heterocycles. The first-order chi connectivity index (χ1) is 23.7. The Morgan fingerprint density at radius 3 is 2.76 bits per heavy atom. The number of rotatable bonds is 11. The van der Waals surface area contributed by atoms with Gasteiger partial charge in [0.2, 0.25) is 0 Å². The predicted octanol–water partition coefficient (Wildman–Crippen LogP) is 4.44. The molecule has 1 amide bonds. The number of fused-ring (bicyclic) bond motifs is 2. The molecule has 258 valence electrons. The number of aliphatic hydroxyl groups is 1. The summed E-state index contributed by atoms with van der Waals surface area (Å²) in [7, 11) is 0. The van der Waals surface area contributed by atoms with Crippen molar-refractivity contribution in [2.75, 3.05) is 25.0 Å². The van der Waals surface area contributed by atoms with Gasteiger partial charge < -0.3 is 19.7 Å². The number of amides is 1. The molecule has 2 aliphatic heterocycles. The van der Waals surface area contributed by atoms with Gasteiger partial charge >= 0.3 is 6.61 Å². The van der Waals surface area contributed by atoms with Gasteiger partial charge in [0.25, 0.3) is 5.91 Å². The lowest BCUT2D eigenvalue weighted by Gasteiger charge is -2.41. The monoisotopic (exact) mass is 692 g/mol. The van der Waals surface area contributed by atoms with Crippen molar-refractivity contribution < 1.29 is 23.4 Å². The van der Waals surface area contributed by atoms with Crippen LogP contribution < -0.4 is 10.1 Å². The predicted molar refractivity (Wildman–Crippen MR) is 179 cm³/mol. The van der Waals surface area contributed by atoms with E-state index in [-0.39, 0.29) is 40.1 Å². The molecule has 0 saturated carbocycles. The second-order valence-corrected chi connectivity index (χ2v) is 14.1. The minimum atomic E-state index is -3.07. The molecule has 6 heterocycles. The number of aliphatic hydroxyl groups excluding tert-OH is 1. The third-order valence-electron chi connectivity index (χ3n) is 8.89. The molecule has 1 fully saturated rings. The van der Waals surface area contributed by atoms with Gasteiger partial charge in [0, 0.05) is 78.9 Å². The van der Waals surface area contributed by atoms with Crippen molar-refractivity contribution >= 4 is 29.0 Å². The Morgan fingerprint density at radius 1 is 1.12 bits per heavy atom. The number of carbonyl (C=O) groups is 1. The third kappa shape index (κ3) is 7.32. The molecule has 0 spiro atoms. The number of piperidine rings is 1. The Morgan fingerprint density at radius 2 is 1.96 bits per heavy atom. The maximum Gasteiger partial charge on any atom is 0.387 e. The number of aromatic nitrogens is 7. The molecular formula is C33H38F2N10O3S. The van der Waals surface area contributed by atoms with Gasteiger partial charge in [-0.15, -0.1) is 11.8 Å². The van der Waals surface area contributed by atoms with Gasteiger partial charge in [0.05, 0.1) is 25.0 Å². The van der Waals surface area contributed by atoms with Crippen LogP contribution in [0.15, 0.2) is 66.3 Å². The van der Waals surface area contributed by atoms with Crippen LogP contribution in [0.2, 0.25) is 0 Å². The fraction of sp³-hybridized carbons (Fsp3) is 0.424. The van der Waals surface area contributed by atoms with Crippen LogP contribution in [0.5, 0.6) is 5.75 Å². The van der Waals surface area contributed by atoms with E-state index in [9.17, 15) is 18.7 Å². The Hall–Kier alpha value is -4.38. The van der Waals surface area contributed by atoms with Crippen molar-refractivity contribution in [3.63, 3.8) is 0 Å². The number of nitrogens with one attached hydrogen (secondary N) is 1. The molecule has 1 atom stereocenters. The van der Waals surface area contributed by atoms with E-state index >= 15 is 0 Å². The molecule has 16 heteroatoms. The number of alkyl halides is 2. The molecule has 13 nitrogen and oxygen atoms in total. The summed E-state index contributed by atoms with van der Waals surface area (Å²) in [5.41, 5.74) is 1.37. The van der Waals surface area contributed by atoms with Gasteiger partial charge in [0.15, 0.2) is 5.65 Å². The van der Waals surface area contributed by atoms with Gasteiger partial charge in [-0.1, -0.05) is 13.8 Å². The van der Waals surface area contributed by atoms with Crippen LogP contribution >= 0.6 is 11.8 Å². The number of benzene rings is 1. The molecule has 0 radical (unpaired) electrons. The van der Waals surface area contributed by atoms with Crippen LogP contribution in [-0.2, 0) is 19.6 Å². The Bertz CT molecular complexity index is 1920. The molecule has 4 aromatic heterocycles. The van der Waals surface area contributed by atoms with Crippen molar-refractivity contribution in [1.29, 1.82) is 0 Å². The van der Waals surface area contributed by atoms with E-state index in [0.717, 1.165) is 43.2 Å². The molecule has 2 N–H and O–H groups in total. The van der Waals surface area contributed by atoms with Crippen molar-refractivity contribution in [3.8, 4) is 17.0 Å². The van der Waals surface area contributed by atoms with Gasteiger partial charge in [-0.05, 0) is 37.1 Å². The number of anilines is 1. The first-order valence-corrected chi connectivity index (χ1v) is 17.2. The highest BCUT2D eigenvalue weighted by Gasteiger charge is 2.31. The normalized spacial score (nSPS) is 16.8. The van der Waals surface area contributed by atoms with E-state index in [1.165, 1.54) is 21.5 Å². The van der Waals surface area contributed by atoms with E-state index < -0.39 is 18.7 Å². The van der Waals surface area contributed by atoms with E-state index in [2.05, 4.69) is 29.9 Å². The van der Waals surface area contributed by atoms with E-state index in [0.29, 0.717) is 24.8 Å². The average molecular weight is 693 g/mol. The van der Waals surface area contributed by atoms with Crippen molar-refractivity contribution in [2.45, 2.75) is 75.4 Å². The van der Waals surface area contributed by atoms with E-state index in [1.807, 2.05) is 31.1 Å². The fourth-order valence-corrected chi connectivity index (χ4v) is 7.43. The Labute approximate surface area is 285 Å². The molecular weight excluding hydrogens is 654 g/mol.